The lowest BCUT2D eigenvalue weighted by molar-refractivity contribution is 0.687. The Labute approximate surface area is 77.8 Å². The van der Waals surface area contributed by atoms with Crippen molar-refractivity contribution in [3.05, 3.63) is 28.2 Å². The van der Waals surface area contributed by atoms with Crippen molar-refractivity contribution in [2.75, 3.05) is 6.26 Å². The molecule has 0 aliphatic carbocycles. The standard InChI is InChI=1S/C7H6Cl2OS/c1-11(10)7-3-5(8)2-6(9)4-7/h2-4H,1H3. The highest BCUT2D eigenvalue weighted by Gasteiger charge is 2.00. The third kappa shape index (κ3) is 2.47. The highest BCUT2D eigenvalue weighted by atomic mass is 35.5. The molecule has 1 atom stereocenters. The molecule has 0 N–H and O–H groups in total. The molecule has 0 radical (unpaired) electrons. The zero-order chi connectivity index (χ0) is 8.43. The number of hydrogen-bond donors (Lipinski definition) is 0. The van der Waals surface area contributed by atoms with E-state index < -0.39 is 10.8 Å². The number of benzene rings is 1. The van der Waals surface area contributed by atoms with Crippen molar-refractivity contribution < 1.29 is 4.21 Å². The van der Waals surface area contributed by atoms with Crippen LogP contribution in [0.1, 0.15) is 0 Å². The minimum atomic E-state index is -1.02. The van der Waals surface area contributed by atoms with Gasteiger partial charge in [0.05, 0.1) is 0 Å². The second-order valence-electron chi connectivity index (χ2n) is 2.06. The topological polar surface area (TPSA) is 17.1 Å². The molecule has 0 spiro atoms. The van der Waals surface area contributed by atoms with Gasteiger partial charge in [0.25, 0.3) is 0 Å². The second kappa shape index (κ2) is 3.57. The Balaban J connectivity index is 3.19. The van der Waals surface area contributed by atoms with Crippen molar-refractivity contribution in [3.63, 3.8) is 0 Å². The first-order chi connectivity index (χ1) is 5.09. The number of hydrogen-bond acceptors (Lipinski definition) is 1. The maximum Gasteiger partial charge on any atom is 0.0499 e. The SMILES string of the molecule is CS(=O)c1cc(Cl)cc(Cl)c1. The summed E-state index contributed by atoms with van der Waals surface area (Å²) < 4.78 is 10.9. The van der Waals surface area contributed by atoms with Crippen LogP contribution in [-0.4, -0.2) is 10.5 Å². The van der Waals surface area contributed by atoms with Crippen LogP contribution in [0, 0.1) is 0 Å². The normalized spacial score (nSPS) is 13.0. The smallest absolute Gasteiger partial charge is 0.0499 e. The fourth-order valence-electron chi connectivity index (χ4n) is 0.694. The molecular weight excluding hydrogens is 203 g/mol. The van der Waals surface area contributed by atoms with E-state index in [0.29, 0.717) is 14.9 Å². The first kappa shape index (κ1) is 9.04. The van der Waals surface area contributed by atoms with Crippen LogP contribution in [0.5, 0.6) is 0 Å². The van der Waals surface area contributed by atoms with Gasteiger partial charge in [0, 0.05) is 32.0 Å². The Hall–Kier alpha value is -0.0500. The van der Waals surface area contributed by atoms with Crippen LogP contribution < -0.4 is 0 Å². The Morgan fingerprint density at radius 1 is 1.18 bits per heavy atom. The van der Waals surface area contributed by atoms with Gasteiger partial charge in [0.15, 0.2) is 0 Å². The van der Waals surface area contributed by atoms with Gasteiger partial charge >= 0.3 is 0 Å². The van der Waals surface area contributed by atoms with Crippen molar-refractivity contribution in [1.29, 1.82) is 0 Å². The molecular formula is C7H6Cl2OS. The molecule has 1 unspecified atom stereocenters. The van der Waals surface area contributed by atoms with E-state index in [-0.39, 0.29) is 0 Å². The summed E-state index contributed by atoms with van der Waals surface area (Å²) in [6, 6.07) is 4.90. The van der Waals surface area contributed by atoms with Gasteiger partial charge in [-0.3, -0.25) is 4.21 Å². The molecule has 60 valence electrons. The van der Waals surface area contributed by atoms with Crippen molar-refractivity contribution >= 4 is 34.0 Å². The molecule has 0 saturated heterocycles. The van der Waals surface area contributed by atoms with Crippen LogP contribution in [-0.2, 0) is 10.8 Å². The molecule has 0 heterocycles. The van der Waals surface area contributed by atoms with Crippen LogP contribution in [0.2, 0.25) is 10.0 Å². The average molecular weight is 209 g/mol. The first-order valence-electron chi connectivity index (χ1n) is 2.89. The fraction of sp³-hybridized carbons (Fsp3) is 0.143. The van der Waals surface area contributed by atoms with Gasteiger partial charge in [-0.25, -0.2) is 0 Å². The van der Waals surface area contributed by atoms with Gasteiger partial charge in [-0.2, -0.15) is 0 Å². The van der Waals surface area contributed by atoms with Crippen LogP contribution in [0.15, 0.2) is 23.1 Å². The van der Waals surface area contributed by atoms with Crippen LogP contribution in [0.4, 0.5) is 0 Å². The minimum absolute atomic E-state index is 0.516. The van der Waals surface area contributed by atoms with E-state index in [0.717, 1.165) is 0 Å². The molecule has 0 fully saturated rings. The predicted octanol–water partition coefficient (Wildman–Crippen LogP) is 2.73. The maximum atomic E-state index is 10.9. The Kier molecular flexibility index (Phi) is 2.93. The lowest BCUT2D eigenvalue weighted by Crippen LogP contribution is -1.86. The van der Waals surface area contributed by atoms with E-state index in [2.05, 4.69) is 0 Å². The molecule has 0 aromatic heterocycles. The summed E-state index contributed by atoms with van der Waals surface area (Å²) in [5, 5.41) is 1.03. The monoisotopic (exact) mass is 208 g/mol. The van der Waals surface area contributed by atoms with E-state index in [9.17, 15) is 4.21 Å². The van der Waals surface area contributed by atoms with Gasteiger partial charge in [0.2, 0.25) is 0 Å². The molecule has 1 aromatic rings. The van der Waals surface area contributed by atoms with Gasteiger partial charge in [0.1, 0.15) is 0 Å². The maximum absolute atomic E-state index is 10.9. The molecule has 1 nitrogen and oxygen atoms in total. The fourth-order valence-corrected chi connectivity index (χ4v) is 1.94. The molecule has 0 aliphatic rings. The van der Waals surface area contributed by atoms with Gasteiger partial charge in [-0.1, -0.05) is 23.2 Å². The van der Waals surface area contributed by atoms with E-state index in [1.165, 1.54) is 0 Å². The largest absolute Gasteiger partial charge is 0.255 e. The summed E-state index contributed by atoms with van der Waals surface area (Å²) >= 11 is 11.4. The second-order valence-corrected chi connectivity index (χ2v) is 4.31. The highest BCUT2D eigenvalue weighted by molar-refractivity contribution is 7.84. The third-order valence-corrected chi connectivity index (χ3v) is 2.50. The average Bonchev–Trinajstić information content (AvgIpc) is 1.85. The summed E-state index contributed by atoms with van der Waals surface area (Å²) in [5.41, 5.74) is 0. The lowest BCUT2D eigenvalue weighted by atomic mass is 10.4. The first-order valence-corrected chi connectivity index (χ1v) is 5.20. The molecule has 11 heavy (non-hydrogen) atoms. The van der Waals surface area contributed by atoms with Crippen molar-refractivity contribution in [3.8, 4) is 0 Å². The van der Waals surface area contributed by atoms with Gasteiger partial charge < -0.3 is 0 Å². The van der Waals surface area contributed by atoms with Gasteiger partial charge in [-0.05, 0) is 18.2 Å². The van der Waals surface area contributed by atoms with Crippen LogP contribution >= 0.6 is 23.2 Å². The number of halogens is 2. The van der Waals surface area contributed by atoms with Crippen LogP contribution in [0.3, 0.4) is 0 Å². The minimum Gasteiger partial charge on any atom is -0.255 e. The molecule has 0 aliphatic heterocycles. The number of rotatable bonds is 1. The molecule has 0 amide bonds. The predicted molar refractivity (Wildman–Crippen MR) is 48.8 cm³/mol. The molecule has 1 rings (SSSR count). The molecule has 1 aromatic carbocycles. The lowest BCUT2D eigenvalue weighted by Gasteiger charge is -1.97. The zero-order valence-corrected chi connectivity index (χ0v) is 8.13. The van der Waals surface area contributed by atoms with Crippen molar-refractivity contribution in [2.24, 2.45) is 0 Å². The summed E-state index contributed by atoms with van der Waals surface area (Å²) in [6.45, 7) is 0. The van der Waals surface area contributed by atoms with E-state index in [1.54, 1.807) is 24.5 Å². The summed E-state index contributed by atoms with van der Waals surface area (Å²) in [6.07, 6.45) is 1.59. The van der Waals surface area contributed by atoms with Gasteiger partial charge in [-0.15, -0.1) is 0 Å². The Bertz CT molecular complexity index is 278. The summed E-state index contributed by atoms with van der Waals surface area (Å²) in [7, 11) is -1.02. The van der Waals surface area contributed by atoms with E-state index in [1.807, 2.05) is 0 Å². The Morgan fingerprint density at radius 2 is 1.64 bits per heavy atom. The van der Waals surface area contributed by atoms with Crippen LogP contribution in [0.25, 0.3) is 0 Å². The summed E-state index contributed by atoms with van der Waals surface area (Å²) in [5.74, 6) is 0. The highest BCUT2D eigenvalue weighted by Crippen LogP contribution is 2.20. The molecule has 4 heteroatoms. The quantitative estimate of drug-likeness (QED) is 0.694. The molecule has 0 bridgehead atoms. The van der Waals surface area contributed by atoms with Crippen molar-refractivity contribution in [2.45, 2.75) is 4.90 Å². The van der Waals surface area contributed by atoms with E-state index >= 15 is 0 Å². The van der Waals surface area contributed by atoms with Crippen molar-refractivity contribution in [1.82, 2.24) is 0 Å². The molecule has 0 saturated carbocycles. The van der Waals surface area contributed by atoms with E-state index in [4.69, 9.17) is 23.2 Å². The third-order valence-electron chi connectivity index (χ3n) is 1.17. The Morgan fingerprint density at radius 3 is 2.00 bits per heavy atom. The zero-order valence-electron chi connectivity index (χ0n) is 5.80. The summed E-state index contributed by atoms with van der Waals surface area (Å²) in [4.78, 5) is 0.655.